The molecule has 1 aromatic rings. The molecule has 0 radical (unpaired) electrons. The summed E-state index contributed by atoms with van der Waals surface area (Å²) in [6.07, 6.45) is 3.66. The molecule has 0 saturated heterocycles. The van der Waals surface area contributed by atoms with Gasteiger partial charge in [-0.1, -0.05) is 11.6 Å². The van der Waals surface area contributed by atoms with Gasteiger partial charge >= 0.3 is 5.97 Å². The zero-order valence-electron chi connectivity index (χ0n) is 10.5. The number of rotatable bonds is 5. The zero-order chi connectivity index (χ0) is 13.8. The zero-order valence-corrected chi connectivity index (χ0v) is 13.7. The molecule has 2 rings (SSSR count). The Morgan fingerprint density at radius 2 is 2.16 bits per heavy atom. The highest BCUT2D eigenvalue weighted by molar-refractivity contribution is 9.10. The number of hydrogen-bond donors (Lipinski definition) is 2. The molecule has 0 bridgehead atoms. The fourth-order valence-corrected chi connectivity index (χ4v) is 4.25. The van der Waals surface area contributed by atoms with E-state index < -0.39 is 5.97 Å². The number of hydrogen-bond acceptors (Lipinski definition) is 3. The van der Waals surface area contributed by atoms with Crippen molar-refractivity contribution in [2.75, 3.05) is 6.54 Å². The van der Waals surface area contributed by atoms with Gasteiger partial charge in [0, 0.05) is 15.9 Å². The molecule has 1 aliphatic carbocycles. The maximum atomic E-state index is 10.9. The Labute approximate surface area is 130 Å². The van der Waals surface area contributed by atoms with Crippen LogP contribution in [0.5, 0.6) is 0 Å². The van der Waals surface area contributed by atoms with Crippen molar-refractivity contribution in [1.29, 1.82) is 0 Å². The third kappa shape index (κ3) is 4.45. The largest absolute Gasteiger partial charge is 0.481 e. The van der Waals surface area contributed by atoms with Crippen molar-refractivity contribution in [2.24, 2.45) is 11.8 Å². The smallest absolute Gasteiger partial charge is 0.306 e. The van der Waals surface area contributed by atoms with E-state index in [1.165, 1.54) is 4.88 Å². The Morgan fingerprint density at radius 1 is 1.47 bits per heavy atom. The van der Waals surface area contributed by atoms with Crippen LogP contribution in [0.3, 0.4) is 0 Å². The lowest BCUT2D eigenvalue weighted by molar-refractivity contribution is -0.143. The van der Waals surface area contributed by atoms with Crippen molar-refractivity contribution in [1.82, 2.24) is 5.32 Å². The Bertz CT molecular complexity index is 424. The van der Waals surface area contributed by atoms with Gasteiger partial charge in [-0.2, -0.15) is 0 Å². The van der Waals surface area contributed by atoms with E-state index >= 15 is 0 Å². The van der Waals surface area contributed by atoms with E-state index in [0.717, 1.165) is 47.6 Å². The van der Waals surface area contributed by atoms with Gasteiger partial charge in [-0.15, -0.1) is 11.3 Å². The van der Waals surface area contributed by atoms with Crippen molar-refractivity contribution in [3.05, 3.63) is 19.8 Å². The molecule has 0 atom stereocenters. The van der Waals surface area contributed by atoms with Crippen LogP contribution in [0.4, 0.5) is 0 Å². The predicted molar refractivity (Wildman–Crippen MR) is 81.8 cm³/mol. The minimum atomic E-state index is -0.635. The van der Waals surface area contributed by atoms with Gasteiger partial charge in [0.05, 0.1) is 5.92 Å². The first-order valence-corrected chi connectivity index (χ1v) is 8.42. The molecule has 0 spiro atoms. The van der Waals surface area contributed by atoms with E-state index in [4.69, 9.17) is 16.7 Å². The molecule has 1 saturated carbocycles. The number of halogens is 2. The molecule has 1 fully saturated rings. The number of thiophene rings is 1. The summed E-state index contributed by atoms with van der Waals surface area (Å²) >= 11 is 11.0. The second-order valence-electron chi connectivity index (χ2n) is 5.02. The maximum absolute atomic E-state index is 10.9. The molecule has 19 heavy (non-hydrogen) atoms. The SMILES string of the molecule is O=C(O)C1CCC(CNCc2cc(Br)c(Cl)s2)CC1. The highest BCUT2D eigenvalue weighted by Crippen LogP contribution is 2.32. The molecule has 0 aliphatic heterocycles. The standard InChI is InChI=1S/C13H17BrClNO2S/c14-11-5-10(19-12(11)15)7-16-6-8-1-3-9(4-2-8)13(17)18/h5,8-9,16H,1-4,6-7H2,(H,17,18). The third-order valence-corrected chi connectivity index (χ3v) is 6.10. The molecule has 1 aromatic heterocycles. The minimum absolute atomic E-state index is 0.122. The van der Waals surface area contributed by atoms with Crippen LogP contribution < -0.4 is 5.32 Å². The molecule has 0 amide bonds. The molecular weight excluding hydrogens is 350 g/mol. The second-order valence-corrected chi connectivity index (χ2v) is 7.61. The summed E-state index contributed by atoms with van der Waals surface area (Å²) in [5.74, 6) is -0.151. The van der Waals surface area contributed by atoms with Crippen LogP contribution in [-0.2, 0) is 11.3 Å². The molecule has 1 heterocycles. The van der Waals surface area contributed by atoms with Gasteiger partial charge in [-0.25, -0.2) is 0 Å². The molecule has 3 nitrogen and oxygen atoms in total. The first-order chi connectivity index (χ1) is 9.06. The fourth-order valence-electron chi connectivity index (χ4n) is 2.49. The van der Waals surface area contributed by atoms with Gasteiger partial charge < -0.3 is 10.4 Å². The van der Waals surface area contributed by atoms with Crippen LogP contribution >= 0.6 is 38.9 Å². The van der Waals surface area contributed by atoms with Gasteiger partial charge in [0.15, 0.2) is 0 Å². The first kappa shape index (κ1) is 15.3. The summed E-state index contributed by atoms with van der Waals surface area (Å²) in [6.45, 7) is 1.79. The summed E-state index contributed by atoms with van der Waals surface area (Å²) in [4.78, 5) is 12.1. The lowest BCUT2D eigenvalue weighted by atomic mass is 9.82. The maximum Gasteiger partial charge on any atom is 0.306 e. The van der Waals surface area contributed by atoms with Gasteiger partial charge in [0.2, 0.25) is 0 Å². The van der Waals surface area contributed by atoms with Gasteiger partial charge in [-0.3, -0.25) is 4.79 Å². The number of carboxylic acids is 1. The minimum Gasteiger partial charge on any atom is -0.481 e. The molecule has 6 heteroatoms. The number of carbonyl (C=O) groups is 1. The fraction of sp³-hybridized carbons (Fsp3) is 0.615. The van der Waals surface area contributed by atoms with Crippen molar-refractivity contribution in [3.8, 4) is 0 Å². The predicted octanol–water partition coefficient (Wildman–Crippen LogP) is 4.14. The number of aliphatic carboxylic acids is 1. The number of nitrogens with one attached hydrogen (secondary N) is 1. The van der Waals surface area contributed by atoms with Crippen LogP contribution in [-0.4, -0.2) is 17.6 Å². The summed E-state index contributed by atoms with van der Waals surface area (Å²) in [7, 11) is 0. The number of carboxylic acid groups (broad SMARTS) is 1. The van der Waals surface area contributed by atoms with Crippen LogP contribution in [0, 0.1) is 11.8 Å². The van der Waals surface area contributed by atoms with Crippen LogP contribution in [0.1, 0.15) is 30.6 Å². The lowest BCUT2D eigenvalue weighted by Gasteiger charge is -2.26. The van der Waals surface area contributed by atoms with Crippen molar-refractivity contribution >= 4 is 44.8 Å². The lowest BCUT2D eigenvalue weighted by Crippen LogP contribution is -2.28. The Hall–Kier alpha value is -0.100. The van der Waals surface area contributed by atoms with Crippen molar-refractivity contribution in [2.45, 2.75) is 32.2 Å². The average molecular weight is 367 g/mol. The Balaban J connectivity index is 1.68. The third-order valence-electron chi connectivity index (χ3n) is 3.62. The van der Waals surface area contributed by atoms with E-state index in [0.29, 0.717) is 5.92 Å². The molecule has 0 aromatic carbocycles. The van der Waals surface area contributed by atoms with Gasteiger partial charge in [0.25, 0.3) is 0 Å². The molecule has 106 valence electrons. The highest BCUT2D eigenvalue weighted by Gasteiger charge is 2.25. The van der Waals surface area contributed by atoms with Gasteiger partial charge in [0.1, 0.15) is 4.34 Å². The molecule has 1 aliphatic rings. The van der Waals surface area contributed by atoms with E-state index in [1.807, 2.05) is 6.07 Å². The van der Waals surface area contributed by atoms with Crippen molar-refractivity contribution in [3.63, 3.8) is 0 Å². The summed E-state index contributed by atoms with van der Waals surface area (Å²) in [5.41, 5.74) is 0. The molecular formula is C13H17BrClNO2S. The summed E-state index contributed by atoms with van der Waals surface area (Å²) in [6, 6.07) is 2.04. The monoisotopic (exact) mass is 365 g/mol. The molecule has 2 N–H and O–H groups in total. The van der Waals surface area contributed by atoms with E-state index in [2.05, 4.69) is 21.2 Å². The summed E-state index contributed by atoms with van der Waals surface area (Å²) < 4.78 is 1.75. The quantitative estimate of drug-likeness (QED) is 0.823. The van der Waals surface area contributed by atoms with E-state index in [-0.39, 0.29) is 5.92 Å². The normalized spacial score (nSPS) is 23.5. The van der Waals surface area contributed by atoms with Crippen LogP contribution in [0.2, 0.25) is 4.34 Å². The topological polar surface area (TPSA) is 49.3 Å². The highest BCUT2D eigenvalue weighted by atomic mass is 79.9. The van der Waals surface area contributed by atoms with E-state index in [1.54, 1.807) is 11.3 Å². The van der Waals surface area contributed by atoms with Crippen LogP contribution in [0.25, 0.3) is 0 Å². The van der Waals surface area contributed by atoms with Gasteiger partial charge in [-0.05, 0) is 60.1 Å². The second kappa shape index (κ2) is 7.07. The molecule has 0 unspecified atom stereocenters. The Kier molecular flexibility index (Phi) is 5.69. The first-order valence-electron chi connectivity index (χ1n) is 6.43. The average Bonchev–Trinajstić information content (AvgIpc) is 2.69. The van der Waals surface area contributed by atoms with E-state index in [9.17, 15) is 4.79 Å². The van der Waals surface area contributed by atoms with Crippen LogP contribution in [0.15, 0.2) is 10.5 Å². The Morgan fingerprint density at radius 3 is 2.68 bits per heavy atom. The summed E-state index contributed by atoms with van der Waals surface area (Å²) in [5, 5.41) is 12.4. The van der Waals surface area contributed by atoms with Crippen molar-refractivity contribution < 1.29 is 9.90 Å².